The highest BCUT2D eigenvalue weighted by atomic mass is 35.5. The minimum Gasteiger partial charge on any atom is -0.476 e. The summed E-state index contributed by atoms with van der Waals surface area (Å²) in [6.07, 6.45) is 4.82. The van der Waals surface area contributed by atoms with E-state index >= 15 is 0 Å². The third-order valence-electron chi connectivity index (χ3n) is 6.08. The van der Waals surface area contributed by atoms with Gasteiger partial charge in [-0.3, -0.25) is 9.36 Å². The molecule has 0 bridgehead atoms. The molecule has 1 amide bonds. The summed E-state index contributed by atoms with van der Waals surface area (Å²) in [5.41, 5.74) is 1.13. The number of ether oxygens (including phenoxy) is 3. The number of aryl methyl sites for hydroxylation is 1. The molecule has 0 radical (unpaired) electrons. The van der Waals surface area contributed by atoms with Crippen LogP contribution in [0.5, 0.6) is 11.9 Å². The van der Waals surface area contributed by atoms with E-state index in [9.17, 15) is 13.6 Å². The number of hydrogen-bond acceptors (Lipinski definition) is 6. The number of imidazole rings is 1. The van der Waals surface area contributed by atoms with Crippen LogP contribution in [0.25, 0.3) is 11.0 Å². The number of hydrogen-bond donors (Lipinski definition) is 1. The van der Waals surface area contributed by atoms with E-state index in [1.807, 2.05) is 6.92 Å². The number of alkyl halides is 2. The van der Waals surface area contributed by atoms with Gasteiger partial charge in [0.1, 0.15) is 16.6 Å². The molecule has 0 aromatic carbocycles. The second-order valence-electron chi connectivity index (χ2n) is 8.99. The Labute approximate surface area is 195 Å². The summed E-state index contributed by atoms with van der Waals surface area (Å²) >= 11 is 6.45. The second kappa shape index (κ2) is 9.58. The van der Waals surface area contributed by atoms with E-state index in [0.29, 0.717) is 23.7 Å². The molecule has 1 unspecified atom stereocenters. The smallest absolute Gasteiger partial charge is 0.297 e. The SMILES string of the molecule is CC(=O)N[C@@H](C)CO[C@H]1CC[C@H](Oc2nc3cnc(OCC4CC4(F)F)c(Cl)c3n2C)CC1. The van der Waals surface area contributed by atoms with Crippen LogP contribution in [0.4, 0.5) is 8.78 Å². The molecular weight excluding hydrogens is 458 g/mol. The maximum absolute atomic E-state index is 13.1. The Kier molecular flexibility index (Phi) is 6.95. The molecule has 2 aromatic rings. The Bertz CT molecular complexity index is 1010. The van der Waals surface area contributed by atoms with Crippen LogP contribution in [0.3, 0.4) is 0 Å². The molecule has 0 spiro atoms. The fourth-order valence-electron chi connectivity index (χ4n) is 4.10. The van der Waals surface area contributed by atoms with E-state index in [2.05, 4.69) is 15.3 Å². The molecule has 2 aromatic heterocycles. The molecule has 4 rings (SSSR count). The molecule has 2 fully saturated rings. The third-order valence-corrected chi connectivity index (χ3v) is 6.42. The first-order chi connectivity index (χ1) is 15.6. The predicted octanol–water partition coefficient (Wildman–Crippen LogP) is 3.89. The molecule has 2 saturated carbocycles. The van der Waals surface area contributed by atoms with Crippen molar-refractivity contribution < 1.29 is 27.8 Å². The summed E-state index contributed by atoms with van der Waals surface area (Å²) < 4.78 is 45.5. The molecular formula is C22H29ClF2N4O4. The molecule has 2 atom stereocenters. The molecule has 11 heteroatoms. The number of fused-ring (bicyclic) bond motifs is 1. The Morgan fingerprint density at radius 3 is 2.64 bits per heavy atom. The lowest BCUT2D eigenvalue weighted by Gasteiger charge is -2.29. The Balaban J connectivity index is 1.32. The van der Waals surface area contributed by atoms with Crippen LogP contribution >= 0.6 is 11.6 Å². The first kappa shape index (κ1) is 23.9. The van der Waals surface area contributed by atoms with Crippen LogP contribution in [0.2, 0.25) is 5.02 Å². The first-order valence-electron chi connectivity index (χ1n) is 11.2. The van der Waals surface area contributed by atoms with E-state index in [0.717, 1.165) is 25.7 Å². The van der Waals surface area contributed by atoms with Gasteiger partial charge in [-0.15, -0.1) is 0 Å². The molecule has 0 saturated heterocycles. The second-order valence-corrected chi connectivity index (χ2v) is 9.37. The fraction of sp³-hybridized carbons (Fsp3) is 0.682. The number of rotatable bonds is 9. The zero-order valence-electron chi connectivity index (χ0n) is 18.9. The van der Waals surface area contributed by atoms with Crippen molar-refractivity contribution in [2.45, 2.75) is 70.1 Å². The lowest BCUT2D eigenvalue weighted by molar-refractivity contribution is -0.120. The van der Waals surface area contributed by atoms with Crippen LogP contribution in [0.15, 0.2) is 6.20 Å². The summed E-state index contributed by atoms with van der Waals surface area (Å²) in [5.74, 6) is -3.39. The Morgan fingerprint density at radius 1 is 1.33 bits per heavy atom. The highest BCUT2D eigenvalue weighted by molar-refractivity contribution is 6.36. The zero-order chi connectivity index (χ0) is 23.8. The summed E-state index contributed by atoms with van der Waals surface area (Å²) in [7, 11) is 1.79. The van der Waals surface area contributed by atoms with E-state index < -0.39 is 11.8 Å². The lowest BCUT2D eigenvalue weighted by atomic mass is 9.95. The monoisotopic (exact) mass is 486 g/mol. The van der Waals surface area contributed by atoms with Gasteiger partial charge in [0.05, 0.1) is 36.9 Å². The maximum Gasteiger partial charge on any atom is 0.297 e. The van der Waals surface area contributed by atoms with Crippen molar-refractivity contribution in [3.8, 4) is 11.9 Å². The van der Waals surface area contributed by atoms with Crippen molar-refractivity contribution in [2.24, 2.45) is 13.0 Å². The highest BCUT2D eigenvalue weighted by Crippen LogP contribution is 2.48. The van der Waals surface area contributed by atoms with Crippen molar-refractivity contribution in [2.75, 3.05) is 13.2 Å². The normalized spacial score (nSPS) is 25.0. The molecule has 0 aliphatic heterocycles. The number of carbonyl (C=O) groups excluding carboxylic acids is 1. The van der Waals surface area contributed by atoms with Crippen LogP contribution in [0, 0.1) is 5.92 Å². The van der Waals surface area contributed by atoms with Gasteiger partial charge in [0.15, 0.2) is 0 Å². The molecule has 182 valence electrons. The minimum atomic E-state index is -2.65. The predicted molar refractivity (Wildman–Crippen MR) is 118 cm³/mol. The van der Waals surface area contributed by atoms with Gasteiger partial charge >= 0.3 is 0 Å². The standard InChI is InChI=1S/C22H29ClF2N4O4/c1-12(27-13(2)30)10-31-15-4-6-16(7-5-15)33-21-28-17-9-26-20(18(23)19(17)29(21)3)32-11-14-8-22(14,24)25/h9,12,14-16H,4-8,10-11H2,1-3H3,(H,27,30)/t12-,14?,15-,16-/m0/s1. The van der Waals surface area contributed by atoms with Crippen molar-refractivity contribution in [3.05, 3.63) is 11.2 Å². The summed E-state index contributed by atoms with van der Waals surface area (Å²) in [6, 6.07) is 0.396. The summed E-state index contributed by atoms with van der Waals surface area (Å²) in [6.45, 7) is 3.77. The van der Waals surface area contributed by atoms with Crippen LogP contribution in [-0.2, 0) is 16.6 Å². The van der Waals surface area contributed by atoms with Crippen LogP contribution in [0.1, 0.15) is 46.0 Å². The number of nitrogens with one attached hydrogen (secondary N) is 1. The average molecular weight is 487 g/mol. The topological polar surface area (TPSA) is 87.5 Å². The fourth-order valence-corrected chi connectivity index (χ4v) is 4.42. The highest BCUT2D eigenvalue weighted by Gasteiger charge is 2.57. The average Bonchev–Trinajstić information content (AvgIpc) is 3.24. The van der Waals surface area contributed by atoms with Gasteiger partial charge in [-0.25, -0.2) is 13.8 Å². The van der Waals surface area contributed by atoms with Crippen LogP contribution in [-0.4, -0.2) is 57.8 Å². The first-order valence-corrected chi connectivity index (χ1v) is 11.6. The maximum atomic E-state index is 13.1. The molecule has 1 N–H and O–H groups in total. The molecule has 2 heterocycles. The summed E-state index contributed by atoms with van der Waals surface area (Å²) in [5, 5.41) is 3.04. The number of amides is 1. The Hall–Kier alpha value is -2.20. The van der Waals surface area contributed by atoms with Gasteiger partial charge in [0.2, 0.25) is 11.8 Å². The molecule has 8 nitrogen and oxygen atoms in total. The van der Waals surface area contributed by atoms with E-state index in [1.165, 1.54) is 13.1 Å². The third kappa shape index (κ3) is 5.66. The minimum absolute atomic E-state index is 0.00677. The number of halogens is 3. The molecule has 2 aliphatic carbocycles. The number of nitrogens with zero attached hydrogens (tertiary/aromatic N) is 3. The Morgan fingerprint density at radius 2 is 2.00 bits per heavy atom. The number of carbonyl (C=O) groups is 1. The van der Waals surface area contributed by atoms with Gasteiger partial charge in [-0.2, -0.15) is 4.98 Å². The number of pyridine rings is 1. The van der Waals surface area contributed by atoms with Crippen molar-refractivity contribution in [1.29, 1.82) is 0 Å². The van der Waals surface area contributed by atoms with Crippen molar-refractivity contribution >= 4 is 28.5 Å². The molecule has 2 aliphatic rings. The van der Waals surface area contributed by atoms with Crippen molar-refractivity contribution in [3.63, 3.8) is 0 Å². The van der Waals surface area contributed by atoms with Gasteiger partial charge in [0.25, 0.3) is 11.9 Å². The van der Waals surface area contributed by atoms with E-state index in [-0.39, 0.29) is 48.1 Å². The quantitative estimate of drug-likeness (QED) is 0.578. The van der Waals surface area contributed by atoms with Crippen LogP contribution < -0.4 is 14.8 Å². The zero-order valence-corrected chi connectivity index (χ0v) is 19.7. The largest absolute Gasteiger partial charge is 0.476 e. The van der Waals surface area contributed by atoms with Gasteiger partial charge in [-0.1, -0.05) is 11.6 Å². The van der Waals surface area contributed by atoms with Gasteiger partial charge < -0.3 is 19.5 Å². The molecule has 33 heavy (non-hydrogen) atoms. The van der Waals surface area contributed by atoms with Gasteiger partial charge in [-0.05, 0) is 32.6 Å². The van der Waals surface area contributed by atoms with Gasteiger partial charge in [0, 0.05) is 26.4 Å². The lowest BCUT2D eigenvalue weighted by Crippen LogP contribution is -2.37. The van der Waals surface area contributed by atoms with Crippen molar-refractivity contribution in [1.82, 2.24) is 19.9 Å². The van der Waals surface area contributed by atoms with E-state index in [4.69, 9.17) is 25.8 Å². The number of aromatic nitrogens is 3. The summed E-state index contributed by atoms with van der Waals surface area (Å²) in [4.78, 5) is 19.7. The van der Waals surface area contributed by atoms with E-state index in [1.54, 1.807) is 11.6 Å².